The highest BCUT2D eigenvalue weighted by atomic mass is 35.5. The van der Waals surface area contributed by atoms with Crippen molar-refractivity contribution in [2.75, 3.05) is 7.11 Å². The van der Waals surface area contributed by atoms with E-state index in [-0.39, 0.29) is 0 Å². The Kier molecular flexibility index (Phi) is 3.65. The maximum atomic E-state index is 13.6. The molecule has 7 heteroatoms. The molecule has 3 heterocycles. The van der Waals surface area contributed by atoms with Gasteiger partial charge in [-0.15, -0.1) is 0 Å². The zero-order chi connectivity index (χ0) is 15.0. The van der Waals surface area contributed by atoms with Crippen LogP contribution in [0.15, 0.2) is 24.5 Å². The first-order valence-electron chi connectivity index (χ1n) is 6.19. The van der Waals surface area contributed by atoms with Crippen LogP contribution in [0.5, 0.6) is 5.88 Å². The molecule has 0 aromatic carbocycles. The van der Waals surface area contributed by atoms with Gasteiger partial charge in [-0.25, -0.2) is 14.4 Å². The lowest BCUT2D eigenvalue weighted by atomic mass is 10.2. The first-order chi connectivity index (χ1) is 10.1. The van der Waals surface area contributed by atoms with Gasteiger partial charge in [0.15, 0.2) is 0 Å². The number of halogens is 2. The number of pyridine rings is 2. The molecule has 0 amide bonds. The summed E-state index contributed by atoms with van der Waals surface area (Å²) in [5.41, 5.74) is 2.24. The van der Waals surface area contributed by atoms with Gasteiger partial charge in [-0.1, -0.05) is 18.1 Å². The molecule has 3 rings (SSSR count). The molecule has 0 aliphatic heterocycles. The van der Waals surface area contributed by atoms with Gasteiger partial charge in [-0.05, 0) is 17.3 Å². The molecule has 0 atom stereocenters. The molecule has 0 bridgehead atoms. The monoisotopic (exact) mass is 319 g/mol. The molecule has 2 radical (unpaired) electrons. The fourth-order valence-electron chi connectivity index (χ4n) is 2.29. The van der Waals surface area contributed by atoms with Gasteiger partial charge in [0.05, 0.1) is 39.6 Å². The van der Waals surface area contributed by atoms with Crippen molar-refractivity contribution < 1.29 is 9.13 Å². The number of rotatable bonds is 3. The molecular formula is C14H11ClFN3OSi. The second-order valence-electron chi connectivity index (χ2n) is 4.39. The summed E-state index contributed by atoms with van der Waals surface area (Å²) in [6, 6.07) is 3.17. The minimum atomic E-state index is -0.411. The normalized spacial score (nSPS) is 11.0. The maximum Gasteiger partial charge on any atom is 0.222 e. The number of nitrogens with one attached hydrogen (secondary N) is 1. The van der Waals surface area contributed by atoms with Crippen LogP contribution in [0.4, 0.5) is 4.39 Å². The van der Waals surface area contributed by atoms with Crippen LogP contribution in [-0.4, -0.2) is 31.6 Å². The number of hydrogen-bond donors (Lipinski definition) is 1. The third kappa shape index (κ3) is 2.40. The van der Waals surface area contributed by atoms with Gasteiger partial charge in [-0.3, -0.25) is 0 Å². The topological polar surface area (TPSA) is 50.8 Å². The first-order valence-corrected chi connectivity index (χ1v) is 8.06. The zero-order valence-electron chi connectivity index (χ0n) is 11.4. The molecule has 0 saturated carbocycles. The van der Waals surface area contributed by atoms with Crippen LogP contribution in [0.1, 0.15) is 0 Å². The van der Waals surface area contributed by atoms with Crippen LogP contribution in [0.3, 0.4) is 0 Å². The number of ether oxygens (including phenoxy) is 1. The van der Waals surface area contributed by atoms with Crippen molar-refractivity contribution in [3.05, 3.63) is 35.5 Å². The molecule has 3 aromatic heterocycles. The number of H-pyrrole nitrogens is 1. The van der Waals surface area contributed by atoms with Gasteiger partial charge >= 0.3 is 0 Å². The van der Waals surface area contributed by atoms with Crippen LogP contribution in [-0.2, 0) is 0 Å². The Morgan fingerprint density at radius 1 is 1.29 bits per heavy atom. The summed E-state index contributed by atoms with van der Waals surface area (Å²) in [5.74, 6) is -0.0347. The van der Waals surface area contributed by atoms with E-state index < -0.39 is 5.82 Å². The summed E-state index contributed by atoms with van der Waals surface area (Å²) >= 11 is 5.93. The third-order valence-electron chi connectivity index (χ3n) is 3.18. The number of hydrogen-bond acceptors (Lipinski definition) is 3. The second kappa shape index (κ2) is 5.46. The SMILES string of the molecule is COc1ncc(F)cc1-c1[nH]c2cc(Cl)ncc2c1[Si]C. The van der Waals surface area contributed by atoms with Crippen LogP contribution in [0.25, 0.3) is 22.2 Å². The van der Waals surface area contributed by atoms with Crippen LogP contribution < -0.4 is 9.92 Å². The van der Waals surface area contributed by atoms with E-state index >= 15 is 0 Å². The van der Waals surface area contributed by atoms with E-state index in [1.165, 1.54) is 13.2 Å². The maximum absolute atomic E-state index is 13.6. The molecule has 21 heavy (non-hydrogen) atoms. The Hall–Kier alpha value is -1.92. The molecule has 4 nitrogen and oxygen atoms in total. The minimum absolute atomic E-state index is 0.376. The highest BCUT2D eigenvalue weighted by molar-refractivity contribution is 6.58. The number of aromatic amines is 1. The molecular weight excluding hydrogens is 309 g/mol. The van der Waals surface area contributed by atoms with E-state index in [0.717, 1.165) is 28.0 Å². The average Bonchev–Trinajstić information content (AvgIpc) is 2.84. The van der Waals surface area contributed by atoms with Crippen LogP contribution >= 0.6 is 11.6 Å². The van der Waals surface area contributed by atoms with E-state index in [2.05, 4.69) is 21.5 Å². The lowest BCUT2D eigenvalue weighted by Crippen LogP contribution is -2.13. The summed E-state index contributed by atoms with van der Waals surface area (Å²) in [6.45, 7) is 2.06. The molecule has 0 spiro atoms. The van der Waals surface area contributed by atoms with Crippen LogP contribution in [0.2, 0.25) is 11.7 Å². The molecule has 1 N–H and O–H groups in total. The van der Waals surface area contributed by atoms with Crippen LogP contribution in [0, 0.1) is 5.82 Å². The van der Waals surface area contributed by atoms with Crippen molar-refractivity contribution in [3.63, 3.8) is 0 Å². The van der Waals surface area contributed by atoms with Crippen molar-refractivity contribution >= 4 is 37.2 Å². The summed E-state index contributed by atoms with van der Waals surface area (Å²) in [7, 11) is 2.02. The molecule has 0 aliphatic rings. The molecule has 3 aromatic rings. The van der Waals surface area contributed by atoms with E-state index in [9.17, 15) is 4.39 Å². The summed E-state index contributed by atoms with van der Waals surface area (Å²) in [5, 5.41) is 2.44. The number of methoxy groups -OCH3 is 1. The second-order valence-corrected chi connectivity index (χ2v) is 5.78. The lowest BCUT2D eigenvalue weighted by molar-refractivity contribution is 0.397. The number of aromatic nitrogens is 3. The van der Waals surface area contributed by atoms with Crippen molar-refractivity contribution in [3.8, 4) is 17.1 Å². The summed E-state index contributed by atoms with van der Waals surface area (Å²) in [6.07, 6.45) is 2.86. The quantitative estimate of drug-likeness (QED) is 0.596. The Morgan fingerprint density at radius 2 is 2.10 bits per heavy atom. The summed E-state index contributed by atoms with van der Waals surface area (Å²) < 4.78 is 18.8. The fourth-order valence-corrected chi connectivity index (χ4v) is 3.37. The molecule has 0 unspecified atom stereocenters. The van der Waals surface area contributed by atoms with E-state index in [4.69, 9.17) is 16.3 Å². The Bertz CT molecular complexity index is 821. The van der Waals surface area contributed by atoms with Crippen molar-refractivity contribution in [1.29, 1.82) is 0 Å². The van der Waals surface area contributed by atoms with Crippen molar-refractivity contribution in [2.45, 2.75) is 6.55 Å². The molecule has 106 valence electrons. The Morgan fingerprint density at radius 3 is 2.81 bits per heavy atom. The van der Waals surface area contributed by atoms with Crippen molar-refractivity contribution in [2.24, 2.45) is 0 Å². The minimum Gasteiger partial charge on any atom is -0.481 e. The smallest absolute Gasteiger partial charge is 0.222 e. The average molecular weight is 320 g/mol. The van der Waals surface area contributed by atoms with Gasteiger partial charge in [0, 0.05) is 11.6 Å². The van der Waals surface area contributed by atoms with Gasteiger partial charge in [0.25, 0.3) is 0 Å². The highest BCUT2D eigenvalue weighted by Crippen LogP contribution is 2.29. The highest BCUT2D eigenvalue weighted by Gasteiger charge is 2.17. The lowest BCUT2D eigenvalue weighted by Gasteiger charge is -2.07. The van der Waals surface area contributed by atoms with E-state index in [1.807, 2.05) is 0 Å². The first kappa shape index (κ1) is 14.0. The van der Waals surface area contributed by atoms with Gasteiger partial charge < -0.3 is 9.72 Å². The van der Waals surface area contributed by atoms with Gasteiger partial charge in [-0.2, -0.15) is 0 Å². The zero-order valence-corrected chi connectivity index (χ0v) is 13.1. The predicted octanol–water partition coefficient (Wildman–Crippen LogP) is 2.80. The molecule has 0 aliphatic carbocycles. The summed E-state index contributed by atoms with van der Waals surface area (Å²) in [4.78, 5) is 11.4. The Balaban J connectivity index is 2.32. The van der Waals surface area contributed by atoms with E-state index in [0.29, 0.717) is 26.1 Å². The fraction of sp³-hybridized carbons (Fsp3) is 0.143. The van der Waals surface area contributed by atoms with Gasteiger partial charge in [0.2, 0.25) is 5.88 Å². The largest absolute Gasteiger partial charge is 0.481 e. The third-order valence-corrected chi connectivity index (χ3v) is 4.41. The number of fused-ring (bicyclic) bond motifs is 1. The van der Waals surface area contributed by atoms with Gasteiger partial charge in [0.1, 0.15) is 11.0 Å². The molecule has 0 fully saturated rings. The predicted molar refractivity (Wildman–Crippen MR) is 82.1 cm³/mol. The standard InChI is InChI=1S/C14H11ClFN3OSi/c1-20-14-8(3-7(16)5-18-14)12-13(21-2)9-6-17-11(15)4-10(9)19-12/h3-6,19H,1-2H3. The Labute approximate surface area is 128 Å². The van der Waals surface area contributed by atoms with E-state index in [1.54, 1.807) is 12.3 Å². The molecule has 0 saturated heterocycles. The van der Waals surface area contributed by atoms with Crippen molar-refractivity contribution in [1.82, 2.24) is 15.0 Å². The number of nitrogens with zero attached hydrogens (tertiary/aromatic N) is 2.